The molecule has 15 heavy (non-hydrogen) atoms. The summed E-state index contributed by atoms with van der Waals surface area (Å²) in [6, 6.07) is 0. The van der Waals surface area contributed by atoms with E-state index < -0.39 is 0 Å². The Balaban J connectivity index is 2.76. The van der Waals surface area contributed by atoms with Gasteiger partial charge in [-0.3, -0.25) is 5.43 Å². The molecule has 3 nitrogen and oxygen atoms in total. The molecule has 0 saturated carbocycles. The van der Waals surface area contributed by atoms with E-state index in [4.69, 9.17) is 5.73 Å². The van der Waals surface area contributed by atoms with Crippen LogP contribution in [0, 0.1) is 11.3 Å². The summed E-state index contributed by atoms with van der Waals surface area (Å²) >= 11 is 0. The van der Waals surface area contributed by atoms with E-state index >= 15 is 0 Å². The largest absolute Gasteiger partial charge is 0.325 e. The SMILES string of the molecule is CNN1CCC(C)(N)CC(C(C)(C)C)C1. The lowest BCUT2D eigenvalue weighted by atomic mass is 9.74. The minimum absolute atomic E-state index is 0.0104. The van der Waals surface area contributed by atoms with Gasteiger partial charge in [-0.05, 0) is 38.1 Å². The second-order valence-electron chi connectivity index (χ2n) is 6.34. The predicted octanol–water partition coefficient (Wildman–Crippen LogP) is 1.60. The number of hydrogen-bond acceptors (Lipinski definition) is 3. The van der Waals surface area contributed by atoms with Crippen LogP contribution in [0.5, 0.6) is 0 Å². The van der Waals surface area contributed by atoms with Crippen LogP contribution < -0.4 is 11.2 Å². The third-order valence-electron chi connectivity index (χ3n) is 3.65. The Morgan fingerprint density at radius 2 is 2.00 bits per heavy atom. The van der Waals surface area contributed by atoms with Gasteiger partial charge in [0.1, 0.15) is 0 Å². The highest BCUT2D eigenvalue weighted by Crippen LogP contribution is 2.35. The molecule has 1 aliphatic heterocycles. The summed E-state index contributed by atoms with van der Waals surface area (Å²) in [4.78, 5) is 0. The Hall–Kier alpha value is -0.120. The molecule has 3 N–H and O–H groups in total. The minimum atomic E-state index is -0.0104. The second-order valence-corrected chi connectivity index (χ2v) is 6.34. The molecular formula is C12H27N3. The van der Waals surface area contributed by atoms with Gasteiger partial charge in [0.25, 0.3) is 0 Å². The zero-order valence-corrected chi connectivity index (χ0v) is 10.9. The van der Waals surface area contributed by atoms with Crippen LogP contribution in [0.3, 0.4) is 0 Å². The first kappa shape index (κ1) is 12.9. The predicted molar refractivity (Wildman–Crippen MR) is 65.4 cm³/mol. The maximum atomic E-state index is 6.33. The second kappa shape index (κ2) is 4.40. The lowest BCUT2D eigenvalue weighted by molar-refractivity contribution is 0.126. The minimum Gasteiger partial charge on any atom is -0.325 e. The molecule has 90 valence electrons. The van der Waals surface area contributed by atoms with E-state index in [0.717, 1.165) is 25.9 Å². The van der Waals surface area contributed by atoms with Gasteiger partial charge in [0.15, 0.2) is 0 Å². The monoisotopic (exact) mass is 213 g/mol. The molecule has 0 aromatic rings. The van der Waals surface area contributed by atoms with Crippen LogP contribution in [0.15, 0.2) is 0 Å². The molecule has 1 aliphatic rings. The van der Waals surface area contributed by atoms with Crippen molar-refractivity contribution >= 4 is 0 Å². The summed E-state index contributed by atoms with van der Waals surface area (Å²) in [7, 11) is 2.00. The van der Waals surface area contributed by atoms with Crippen molar-refractivity contribution in [3.63, 3.8) is 0 Å². The Labute approximate surface area is 94.4 Å². The maximum absolute atomic E-state index is 6.33. The van der Waals surface area contributed by atoms with Gasteiger partial charge >= 0.3 is 0 Å². The van der Waals surface area contributed by atoms with Crippen LogP contribution in [0.25, 0.3) is 0 Å². The van der Waals surface area contributed by atoms with Gasteiger partial charge in [-0.25, -0.2) is 5.01 Å². The molecule has 0 aliphatic carbocycles. The first-order valence-electron chi connectivity index (χ1n) is 5.96. The van der Waals surface area contributed by atoms with Crippen molar-refractivity contribution in [2.24, 2.45) is 17.1 Å². The maximum Gasteiger partial charge on any atom is 0.0164 e. The summed E-state index contributed by atoms with van der Waals surface area (Å²) in [5.74, 6) is 0.655. The van der Waals surface area contributed by atoms with Gasteiger partial charge in [0, 0.05) is 18.6 Å². The van der Waals surface area contributed by atoms with E-state index in [0.29, 0.717) is 11.3 Å². The molecule has 2 atom stereocenters. The molecule has 0 amide bonds. The number of nitrogens with zero attached hydrogens (tertiary/aromatic N) is 1. The molecule has 1 heterocycles. The van der Waals surface area contributed by atoms with E-state index in [1.165, 1.54) is 0 Å². The average molecular weight is 213 g/mol. The molecular weight excluding hydrogens is 186 g/mol. The van der Waals surface area contributed by atoms with Gasteiger partial charge in [-0.15, -0.1) is 0 Å². The van der Waals surface area contributed by atoms with Crippen LogP contribution >= 0.6 is 0 Å². The highest BCUT2D eigenvalue weighted by atomic mass is 15.5. The Morgan fingerprint density at radius 3 is 2.47 bits per heavy atom. The lowest BCUT2D eigenvalue weighted by Gasteiger charge is -2.35. The zero-order valence-electron chi connectivity index (χ0n) is 10.9. The van der Waals surface area contributed by atoms with Crippen molar-refractivity contribution < 1.29 is 0 Å². The fourth-order valence-corrected chi connectivity index (χ4v) is 2.26. The van der Waals surface area contributed by atoms with Crippen LogP contribution in [0.4, 0.5) is 0 Å². The van der Waals surface area contributed by atoms with Gasteiger partial charge in [0.2, 0.25) is 0 Å². The molecule has 0 radical (unpaired) electrons. The topological polar surface area (TPSA) is 41.3 Å². The van der Waals surface area contributed by atoms with Crippen LogP contribution in [0.1, 0.15) is 40.5 Å². The third-order valence-corrected chi connectivity index (χ3v) is 3.65. The van der Waals surface area contributed by atoms with E-state index in [1.807, 2.05) is 7.05 Å². The quantitative estimate of drug-likeness (QED) is 0.695. The Kier molecular flexibility index (Phi) is 3.80. The Morgan fingerprint density at radius 1 is 1.40 bits per heavy atom. The molecule has 0 spiro atoms. The number of nitrogens with two attached hydrogens (primary N) is 1. The number of nitrogens with one attached hydrogen (secondary N) is 1. The summed E-state index contributed by atoms with van der Waals surface area (Å²) < 4.78 is 0. The fourth-order valence-electron chi connectivity index (χ4n) is 2.26. The smallest absolute Gasteiger partial charge is 0.0164 e. The van der Waals surface area contributed by atoms with Crippen molar-refractivity contribution in [2.45, 2.75) is 46.1 Å². The summed E-state index contributed by atoms with van der Waals surface area (Å²) in [5.41, 5.74) is 9.91. The summed E-state index contributed by atoms with van der Waals surface area (Å²) in [6.07, 6.45) is 2.19. The first-order valence-corrected chi connectivity index (χ1v) is 5.96. The molecule has 0 aromatic heterocycles. The molecule has 2 unspecified atom stereocenters. The molecule has 0 bridgehead atoms. The highest BCUT2D eigenvalue weighted by Gasteiger charge is 2.35. The van der Waals surface area contributed by atoms with E-state index in [-0.39, 0.29) is 5.54 Å². The number of hydrogen-bond donors (Lipinski definition) is 2. The van der Waals surface area contributed by atoms with Crippen LogP contribution in [-0.2, 0) is 0 Å². The van der Waals surface area contributed by atoms with Crippen molar-refractivity contribution in [3.8, 4) is 0 Å². The lowest BCUT2D eigenvalue weighted by Crippen LogP contribution is -2.41. The third kappa shape index (κ3) is 3.74. The normalized spacial score (nSPS) is 35.2. The van der Waals surface area contributed by atoms with Crippen molar-refractivity contribution in [1.82, 2.24) is 10.4 Å². The average Bonchev–Trinajstić information content (AvgIpc) is 2.22. The zero-order chi connectivity index (χ0) is 11.7. The van der Waals surface area contributed by atoms with E-state index in [9.17, 15) is 0 Å². The number of rotatable bonds is 1. The van der Waals surface area contributed by atoms with Gasteiger partial charge in [-0.2, -0.15) is 0 Å². The van der Waals surface area contributed by atoms with Crippen LogP contribution in [0.2, 0.25) is 0 Å². The van der Waals surface area contributed by atoms with Crippen LogP contribution in [-0.4, -0.2) is 30.7 Å². The number of hydrazine groups is 1. The Bertz CT molecular complexity index is 205. The first-order chi connectivity index (χ1) is 6.74. The molecule has 1 saturated heterocycles. The van der Waals surface area contributed by atoms with Crippen molar-refractivity contribution in [1.29, 1.82) is 0 Å². The molecule has 0 aromatic carbocycles. The van der Waals surface area contributed by atoms with E-state index in [1.54, 1.807) is 0 Å². The van der Waals surface area contributed by atoms with Gasteiger partial charge in [0.05, 0.1) is 0 Å². The fraction of sp³-hybridized carbons (Fsp3) is 1.00. The molecule has 3 heteroatoms. The summed E-state index contributed by atoms with van der Waals surface area (Å²) in [5, 5.41) is 2.30. The van der Waals surface area contributed by atoms with Gasteiger partial charge < -0.3 is 5.73 Å². The summed E-state index contributed by atoms with van der Waals surface area (Å²) in [6.45, 7) is 11.3. The van der Waals surface area contributed by atoms with Gasteiger partial charge in [-0.1, -0.05) is 20.8 Å². The van der Waals surface area contributed by atoms with Crippen molar-refractivity contribution in [3.05, 3.63) is 0 Å². The standard InChI is InChI=1S/C12H27N3/c1-11(2,3)10-8-12(4,13)6-7-15(9-10)14-5/h10,14H,6-9,13H2,1-5H3. The molecule has 1 rings (SSSR count). The molecule has 1 fully saturated rings. The highest BCUT2D eigenvalue weighted by molar-refractivity contribution is 4.90. The van der Waals surface area contributed by atoms with Crippen molar-refractivity contribution in [2.75, 3.05) is 20.1 Å². The van der Waals surface area contributed by atoms with E-state index in [2.05, 4.69) is 38.1 Å².